The first-order chi connectivity index (χ1) is 10.7. The van der Waals surface area contributed by atoms with E-state index in [0.29, 0.717) is 0 Å². The Morgan fingerprint density at radius 2 is 1.91 bits per heavy atom. The summed E-state index contributed by atoms with van der Waals surface area (Å²) < 4.78 is 10.6. The molecule has 1 aromatic carbocycles. The molecule has 124 valence electrons. The number of aliphatic hydroxyl groups is 1. The lowest BCUT2D eigenvalue weighted by Crippen LogP contribution is -2.37. The number of rotatable bonds is 8. The number of aliphatic hydroxyl groups excluding tert-OH is 1. The van der Waals surface area contributed by atoms with Gasteiger partial charge in [0.05, 0.1) is 20.3 Å². The Morgan fingerprint density at radius 3 is 2.59 bits per heavy atom. The molecule has 0 unspecified atom stereocenters. The highest BCUT2D eigenvalue weighted by atomic mass is 16.5. The van der Waals surface area contributed by atoms with Gasteiger partial charge in [-0.25, -0.2) is 0 Å². The standard InChI is InChI=1S/C17H28N2O3/c1-21-16-5-4-14(12-17(16)22-2)13-18-8-3-9-19-10-6-15(20)7-11-19/h4-5,12,15,18,20H,3,6-11,13H2,1-2H3. The first-order valence-corrected chi connectivity index (χ1v) is 8.05. The van der Waals surface area contributed by atoms with Crippen molar-refractivity contribution < 1.29 is 14.6 Å². The van der Waals surface area contributed by atoms with Crippen molar-refractivity contribution in [1.29, 1.82) is 0 Å². The number of methoxy groups -OCH3 is 2. The minimum Gasteiger partial charge on any atom is -0.493 e. The number of benzene rings is 1. The van der Waals surface area contributed by atoms with Gasteiger partial charge in [0.1, 0.15) is 0 Å². The number of nitrogens with zero attached hydrogens (tertiary/aromatic N) is 1. The summed E-state index contributed by atoms with van der Waals surface area (Å²) in [6.45, 7) is 4.98. The molecule has 0 atom stereocenters. The van der Waals surface area contributed by atoms with E-state index in [1.807, 2.05) is 12.1 Å². The highest BCUT2D eigenvalue weighted by Gasteiger charge is 2.15. The van der Waals surface area contributed by atoms with Gasteiger partial charge >= 0.3 is 0 Å². The minimum atomic E-state index is -0.0839. The van der Waals surface area contributed by atoms with Crippen LogP contribution in [0.5, 0.6) is 11.5 Å². The molecular formula is C17H28N2O3. The molecule has 5 nitrogen and oxygen atoms in total. The van der Waals surface area contributed by atoms with E-state index < -0.39 is 0 Å². The van der Waals surface area contributed by atoms with Crippen molar-refractivity contribution in [2.24, 2.45) is 0 Å². The van der Waals surface area contributed by atoms with Gasteiger partial charge in [-0.2, -0.15) is 0 Å². The fraction of sp³-hybridized carbons (Fsp3) is 0.647. The lowest BCUT2D eigenvalue weighted by molar-refractivity contribution is 0.0821. The normalized spacial score (nSPS) is 16.7. The van der Waals surface area contributed by atoms with Gasteiger partial charge < -0.3 is 24.8 Å². The van der Waals surface area contributed by atoms with Gasteiger partial charge in [0.2, 0.25) is 0 Å². The number of likely N-dealkylation sites (tertiary alicyclic amines) is 1. The smallest absolute Gasteiger partial charge is 0.161 e. The van der Waals surface area contributed by atoms with Gasteiger partial charge in [0, 0.05) is 19.6 Å². The van der Waals surface area contributed by atoms with E-state index in [9.17, 15) is 5.11 Å². The number of hydrogen-bond donors (Lipinski definition) is 2. The minimum absolute atomic E-state index is 0.0839. The molecule has 1 heterocycles. The summed E-state index contributed by atoms with van der Waals surface area (Å²) in [5.74, 6) is 1.53. The van der Waals surface area contributed by atoms with Crippen LogP contribution in [0.15, 0.2) is 18.2 Å². The van der Waals surface area contributed by atoms with Crippen molar-refractivity contribution in [2.75, 3.05) is 40.4 Å². The van der Waals surface area contributed by atoms with Crippen LogP contribution in [0.1, 0.15) is 24.8 Å². The first kappa shape index (κ1) is 17.1. The molecule has 1 aliphatic rings. The fourth-order valence-corrected chi connectivity index (χ4v) is 2.79. The second kappa shape index (κ2) is 8.98. The van der Waals surface area contributed by atoms with Crippen LogP contribution in [0.25, 0.3) is 0 Å². The highest BCUT2D eigenvalue weighted by molar-refractivity contribution is 5.42. The summed E-state index contributed by atoms with van der Waals surface area (Å²) in [6.07, 6.45) is 2.88. The molecule has 0 bridgehead atoms. The molecule has 1 fully saturated rings. The summed E-state index contributed by atoms with van der Waals surface area (Å²) >= 11 is 0. The third kappa shape index (κ3) is 5.16. The summed E-state index contributed by atoms with van der Waals surface area (Å²) in [5, 5.41) is 13.0. The van der Waals surface area contributed by atoms with Gasteiger partial charge in [-0.15, -0.1) is 0 Å². The molecular weight excluding hydrogens is 280 g/mol. The van der Waals surface area contributed by atoms with Gasteiger partial charge in [-0.05, 0) is 50.0 Å². The van der Waals surface area contributed by atoms with E-state index in [2.05, 4.69) is 16.3 Å². The number of piperidine rings is 1. The maximum Gasteiger partial charge on any atom is 0.161 e. The summed E-state index contributed by atoms with van der Waals surface area (Å²) in [4.78, 5) is 2.44. The Labute approximate surface area is 133 Å². The van der Waals surface area contributed by atoms with Gasteiger partial charge in [0.15, 0.2) is 11.5 Å². The van der Waals surface area contributed by atoms with Crippen molar-refractivity contribution in [3.05, 3.63) is 23.8 Å². The second-order valence-electron chi connectivity index (χ2n) is 5.79. The Hall–Kier alpha value is -1.30. The van der Waals surface area contributed by atoms with Crippen molar-refractivity contribution >= 4 is 0 Å². The zero-order chi connectivity index (χ0) is 15.8. The van der Waals surface area contributed by atoms with Gasteiger partial charge in [-0.1, -0.05) is 6.07 Å². The van der Waals surface area contributed by atoms with Crippen LogP contribution in [0, 0.1) is 0 Å². The molecule has 1 saturated heterocycles. The Kier molecular flexibility index (Phi) is 6.96. The number of nitrogens with one attached hydrogen (secondary N) is 1. The van der Waals surface area contributed by atoms with E-state index in [1.165, 1.54) is 5.56 Å². The maximum atomic E-state index is 9.48. The van der Waals surface area contributed by atoms with Crippen LogP contribution in [0.4, 0.5) is 0 Å². The molecule has 0 aliphatic carbocycles. The van der Waals surface area contributed by atoms with Crippen molar-refractivity contribution in [3.8, 4) is 11.5 Å². The predicted octanol–water partition coefficient (Wildman–Crippen LogP) is 1.64. The van der Waals surface area contributed by atoms with Crippen LogP contribution in [-0.4, -0.2) is 56.5 Å². The van der Waals surface area contributed by atoms with E-state index in [4.69, 9.17) is 9.47 Å². The van der Waals surface area contributed by atoms with Crippen LogP contribution in [0.3, 0.4) is 0 Å². The molecule has 1 aliphatic heterocycles. The van der Waals surface area contributed by atoms with E-state index in [1.54, 1.807) is 14.2 Å². The molecule has 5 heteroatoms. The predicted molar refractivity (Wildman–Crippen MR) is 87.6 cm³/mol. The Morgan fingerprint density at radius 1 is 1.18 bits per heavy atom. The fourth-order valence-electron chi connectivity index (χ4n) is 2.79. The lowest BCUT2D eigenvalue weighted by atomic mass is 10.1. The van der Waals surface area contributed by atoms with Crippen LogP contribution >= 0.6 is 0 Å². The van der Waals surface area contributed by atoms with Crippen LogP contribution in [0.2, 0.25) is 0 Å². The zero-order valence-corrected chi connectivity index (χ0v) is 13.7. The zero-order valence-electron chi connectivity index (χ0n) is 13.7. The molecule has 0 amide bonds. The molecule has 2 rings (SSSR count). The molecule has 22 heavy (non-hydrogen) atoms. The van der Waals surface area contributed by atoms with Crippen LogP contribution in [-0.2, 0) is 6.54 Å². The average Bonchev–Trinajstić information content (AvgIpc) is 2.56. The van der Waals surface area contributed by atoms with E-state index in [-0.39, 0.29) is 6.10 Å². The summed E-state index contributed by atoms with van der Waals surface area (Å²) in [7, 11) is 3.31. The quantitative estimate of drug-likeness (QED) is 0.715. The third-order valence-electron chi connectivity index (χ3n) is 4.16. The second-order valence-corrected chi connectivity index (χ2v) is 5.79. The molecule has 1 aromatic rings. The van der Waals surface area contributed by atoms with E-state index in [0.717, 1.165) is 63.5 Å². The monoisotopic (exact) mass is 308 g/mol. The summed E-state index contributed by atoms with van der Waals surface area (Å²) in [6, 6.07) is 6.01. The molecule has 2 N–H and O–H groups in total. The Balaban J connectivity index is 1.64. The third-order valence-corrected chi connectivity index (χ3v) is 4.16. The Bertz CT molecular complexity index is 446. The maximum absolute atomic E-state index is 9.48. The average molecular weight is 308 g/mol. The topological polar surface area (TPSA) is 54.0 Å². The summed E-state index contributed by atoms with van der Waals surface area (Å²) in [5.41, 5.74) is 1.19. The van der Waals surface area contributed by atoms with E-state index >= 15 is 0 Å². The lowest BCUT2D eigenvalue weighted by Gasteiger charge is -2.29. The highest BCUT2D eigenvalue weighted by Crippen LogP contribution is 2.27. The molecule has 0 aromatic heterocycles. The number of ether oxygens (including phenoxy) is 2. The van der Waals surface area contributed by atoms with Gasteiger partial charge in [0.25, 0.3) is 0 Å². The van der Waals surface area contributed by atoms with Crippen LogP contribution < -0.4 is 14.8 Å². The van der Waals surface area contributed by atoms with Crippen molar-refractivity contribution in [3.63, 3.8) is 0 Å². The molecule has 0 radical (unpaired) electrons. The van der Waals surface area contributed by atoms with Gasteiger partial charge in [-0.3, -0.25) is 0 Å². The number of hydrogen-bond acceptors (Lipinski definition) is 5. The van der Waals surface area contributed by atoms with Crippen molar-refractivity contribution in [1.82, 2.24) is 10.2 Å². The first-order valence-electron chi connectivity index (χ1n) is 8.05. The molecule has 0 spiro atoms. The molecule has 0 saturated carbocycles. The van der Waals surface area contributed by atoms with Crippen molar-refractivity contribution in [2.45, 2.75) is 31.9 Å². The SMILES string of the molecule is COc1ccc(CNCCCN2CCC(O)CC2)cc1OC. The largest absolute Gasteiger partial charge is 0.493 e.